The predicted octanol–water partition coefficient (Wildman–Crippen LogP) is 3.47. The Kier molecular flexibility index (Phi) is 5.38. The molecule has 1 unspecified atom stereocenters. The van der Waals surface area contributed by atoms with E-state index in [1.807, 2.05) is 36.1 Å². The molecule has 0 aromatic carbocycles. The molecule has 5 nitrogen and oxygen atoms in total. The first-order valence-corrected chi connectivity index (χ1v) is 9.81. The summed E-state index contributed by atoms with van der Waals surface area (Å²) in [6.07, 6.45) is 5.95. The zero-order chi connectivity index (χ0) is 16.2. The number of nitrogens with one attached hydrogen (secondary N) is 1. The Morgan fingerprint density at radius 2 is 2.17 bits per heavy atom. The molecule has 2 heterocycles. The molecule has 0 radical (unpaired) electrons. The average molecular weight is 351 g/mol. The van der Waals surface area contributed by atoms with Gasteiger partial charge in [-0.2, -0.15) is 0 Å². The fraction of sp³-hybridized carbons (Fsp3) is 0.562. The maximum absolute atomic E-state index is 12.4. The lowest BCUT2D eigenvalue weighted by Gasteiger charge is -2.24. The molecule has 0 bridgehead atoms. The van der Waals surface area contributed by atoms with Gasteiger partial charge in [-0.15, -0.1) is 21.5 Å². The number of amides is 1. The number of aromatic nitrogens is 3. The van der Waals surface area contributed by atoms with Gasteiger partial charge in [0.25, 0.3) is 0 Å². The van der Waals surface area contributed by atoms with Crippen LogP contribution >= 0.6 is 23.1 Å². The zero-order valence-corrected chi connectivity index (χ0v) is 15.1. The van der Waals surface area contributed by atoms with E-state index in [0.717, 1.165) is 28.7 Å². The summed E-state index contributed by atoms with van der Waals surface area (Å²) in [5.41, 5.74) is 0. The molecule has 0 aliphatic heterocycles. The second-order valence-electron chi connectivity index (χ2n) is 5.95. The maximum Gasteiger partial charge on any atom is 0.233 e. The number of thioether (sulfide) groups is 1. The van der Waals surface area contributed by atoms with Gasteiger partial charge in [0.05, 0.1) is 10.1 Å². The van der Waals surface area contributed by atoms with Crippen LogP contribution in [-0.4, -0.2) is 32.0 Å². The van der Waals surface area contributed by atoms with Gasteiger partial charge in [-0.3, -0.25) is 4.79 Å². The molecular formula is C16H22N4OS2. The smallest absolute Gasteiger partial charge is 0.233 e. The van der Waals surface area contributed by atoms with Crippen molar-refractivity contribution in [1.29, 1.82) is 0 Å². The minimum Gasteiger partial charge on any atom is -0.352 e. The van der Waals surface area contributed by atoms with Gasteiger partial charge in [0, 0.05) is 13.1 Å². The number of thiophene rings is 1. The first-order valence-electron chi connectivity index (χ1n) is 8.05. The van der Waals surface area contributed by atoms with E-state index in [1.165, 1.54) is 31.0 Å². The fourth-order valence-corrected chi connectivity index (χ4v) is 4.38. The standard InChI is InChI=1S/C16H22N4OS2/c1-11(15(21)17-12-7-4-3-5-8-12)23-16-19-18-14(20(16)2)13-9-6-10-22-13/h6,9-12H,3-5,7-8H2,1-2H3,(H,17,21). The van der Waals surface area contributed by atoms with Crippen LogP contribution in [0.4, 0.5) is 0 Å². The van der Waals surface area contributed by atoms with Gasteiger partial charge in [-0.25, -0.2) is 0 Å². The molecule has 1 N–H and O–H groups in total. The van der Waals surface area contributed by atoms with Gasteiger partial charge in [-0.05, 0) is 31.2 Å². The lowest BCUT2D eigenvalue weighted by molar-refractivity contribution is -0.121. The Hall–Kier alpha value is -1.34. The van der Waals surface area contributed by atoms with Crippen molar-refractivity contribution in [3.05, 3.63) is 17.5 Å². The van der Waals surface area contributed by atoms with Crippen LogP contribution in [0.2, 0.25) is 0 Å². The molecule has 1 atom stereocenters. The number of carbonyl (C=O) groups is 1. The topological polar surface area (TPSA) is 59.8 Å². The van der Waals surface area contributed by atoms with E-state index >= 15 is 0 Å². The Balaban J connectivity index is 1.61. The maximum atomic E-state index is 12.4. The summed E-state index contributed by atoms with van der Waals surface area (Å²) < 4.78 is 1.96. The first-order chi connectivity index (χ1) is 11.1. The van der Waals surface area contributed by atoms with Crippen LogP contribution in [-0.2, 0) is 11.8 Å². The highest BCUT2D eigenvalue weighted by molar-refractivity contribution is 8.00. The van der Waals surface area contributed by atoms with E-state index in [4.69, 9.17) is 0 Å². The number of hydrogen-bond acceptors (Lipinski definition) is 5. The van der Waals surface area contributed by atoms with E-state index in [1.54, 1.807) is 11.3 Å². The molecule has 1 aliphatic rings. The van der Waals surface area contributed by atoms with Gasteiger partial charge >= 0.3 is 0 Å². The van der Waals surface area contributed by atoms with Crippen molar-refractivity contribution in [3.63, 3.8) is 0 Å². The summed E-state index contributed by atoms with van der Waals surface area (Å²) in [6, 6.07) is 4.38. The summed E-state index contributed by atoms with van der Waals surface area (Å²) in [4.78, 5) is 13.5. The molecule has 7 heteroatoms. The predicted molar refractivity (Wildman–Crippen MR) is 94.7 cm³/mol. The molecular weight excluding hydrogens is 328 g/mol. The molecule has 124 valence electrons. The van der Waals surface area contributed by atoms with E-state index in [2.05, 4.69) is 15.5 Å². The van der Waals surface area contributed by atoms with Crippen LogP contribution in [0, 0.1) is 0 Å². The Morgan fingerprint density at radius 1 is 1.39 bits per heavy atom. The molecule has 2 aromatic heterocycles. The van der Waals surface area contributed by atoms with Crippen molar-refractivity contribution in [2.75, 3.05) is 0 Å². The van der Waals surface area contributed by atoms with Gasteiger partial charge in [0.1, 0.15) is 0 Å². The van der Waals surface area contributed by atoms with E-state index in [-0.39, 0.29) is 11.2 Å². The second-order valence-corrected chi connectivity index (χ2v) is 8.20. The molecule has 2 aromatic rings. The van der Waals surface area contributed by atoms with Gasteiger partial charge in [-0.1, -0.05) is 37.1 Å². The van der Waals surface area contributed by atoms with Crippen LogP contribution in [0.1, 0.15) is 39.0 Å². The van der Waals surface area contributed by atoms with E-state index < -0.39 is 0 Å². The highest BCUT2D eigenvalue weighted by Gasteiger charge is 2.22. The molecule has 23 heavy (non-hydrogen) atoms. The molecule has 1 fully saturated rings. The van der Waals surface area contributed by atoms with Crippen molar-refractivity contribution >= 4 is 29.0 Å². The lowest BCUT2D eigenvalue weighted by atomic mass is 9.95. The van der Waals surface area contributed by atoms with Crippen molar-refractivity contribution in [2.45, 2.75) is 55.5 Å². The summed E-state index contributed by atoms with van der Waals surface area (Å²) in [5, 5.41) is 14.3. The number of hydrogen-bond donors (Lipinski definition) is 1. The fourth-order valence-electron chi connectivity index (χ4n) is 2.81. The van der Waals surface area contributed by atoms with Crippen LogP contribution < -0.4 is 5.32 Å². The molecule has 3 rings (SSSR count). The summed E-state index contributed by atoms with van der Waals surface area (Å²) in [6.45, 7) is 1.93. The van der Waals surface area contributed by atoms with Crippen molar-refractivity contribution in [2.24, 2.45) is 7.05 Å². The zero-order valence-electron chi connectivity index (χ0n) is 13.5. The molecule has 1 amide bonds. The summed E-state index contributed by atoms with van der Waals surface area (Å²) in [7, 11) is 1.95. The van der Waals surface area contributed by atoms with E-state index in [9.17, 15) is 4.79 Å². The second kappa shape index (κ2) is 7.49. The highest BCUT2D eigenvalue weighted by atomic mass is 32.2. The summed E-state index contributed by atoms with van der Waals surface area (Å²) in [5.74, 6) is 0.949. The molecule has 1 aliphatic carbocycles. The number of carbonyl (C=O) groups excluding carboxylic acids is 1. The Morgan fingerprint density at radius 3 is 2.87 bits per heavy atom. The van der Waals surface area contributed by atoms with Crippen LogP contribution in [0.15, 0.2) is 22.7 Å². The third-order valence-corrected chi connectivity index (χ3v) is 6.18. The van der Waals surface area contributed by atoms with Gasteiger partial charge in [0.2, 0.25) is 5.91 Å². The molecule has 0 saturated heterocycles. The lowest BCUT2D eigenvalue weighted by Crippen LogP contribution is -2.40. The molecule has 1 saturated carbocycles. The van der Waals surface area contributed by atoms with Gasteiger partial charge < -0.3 is 9.88 Å². The van der Waals surface area contributed by atoms with Crippen molar-refractivity contribution in [1.82, 2.24) is 20.1 Å². The Labute approximate surface area is 144 Å². The normalized spacial score (nSPS) is 17.1. The quantitative estimate of drug-likeness (QED) is 0.839. The Bertz CT molecular complexity index is 647. The minimum absolute atomic E-state index is 0.0996. The average Bonchev–Trinajstić information content (AvgIpc) is 3.19. The summed E-state index contributed by atoms with van der Waals surface area (Å²) >= 11 is 3.11. The van der Waals surface area contributed by atoms with Gasteiger partial charge in [0.15, 0.2) is 11.0 Å². The third kappa shape index (κ3) is 3.95. The van der Waals surface area contributed by atoms with Crippen molar-refractivity contribution < 1.29 is 4.79 Å². The number of rotatable bonds is 5. The monoisotopic (exact) mass is 350 g/mol. The van der Waals surface area contributed by atoms with Crippen molar-refractivity contribution in [3.8, 4) is 10.7 Å². The first kappa shape index (κ1) is 16.5. The largest absolute Gasteiger partial charge is 0.352 e. The third-order valence-electron chi connectivity index (χ3n) is 4.18. The highest BCUT2D eigenvalue weighted by Crippen LogP contribution is 2.28. The minimum atomic E-state index is -0.170. The van der Waals surface area contributed by atoms with E-state index in [0.29, 0.717) is 6.04 Å². The van der Waals surface area contributed by atoms with Crippen LogP contribution in [0.5, 0.6) is 0 Å². The van der Waals surface area contributed by atoms with Crippen LogP contribution in [0.3, 0.4) is 0 Å². The molecule has 0 spiro atoms. The van der Waals surface area contributed by atoms with Crippen LogP contribution in [0.25, 0.3) is 10.7 Å². The SMILES string of the molecule is CC(Sc1nnc(-c2cccs2)n1C)C(=O)NC1CCCCC1. The number of nitrogens with zero attached hydrogens (tertiary/aromatic N) is 3.